The van der Waals surface area contributed by atoms with Crippen LogP contribution in [0.25, 0.3) is 0 Å². The molecule has 0 radical (unpaired) electrons. The van der Waals surface area contributed by atoms with Gasteiger partial charge in [0.1, 0.15) is 5.75 Å². The second-order valence-electron chi connectivity index (χ2n) is 4.00. The summed E-state index contributed by atoms with van der Waals surface area (Å²) in [5.41, 5.74) is 4.79. The Morgan fingerprint density at radius 1 is 1.53 bits per heavy atom. The molecule has 0 amide bonds. The monoisotopic (exact) mass is 252 g/mol. The molecule has 5 nitrogen and oxygen atoms in total. The van der Waals surface area contributed by atoms with Crippen LogP contribution in [-0.2, 0) is 14.8 Å². The van der Waals surface area contributed by atoms with Gasteiger partial charge in [-0.3, -0.25) is 0 Å². The number of ether oxygens (including phenoxy) is 1. The molecule has 1 aliphatic heterocycles. The Balaban J connectivity index is 2.62. The van der Waals surface area contributed by atoms with Gasteiger partial charge in [0.05, 0.1) is 4.99 Å². The van der Waals surface area contributed by atoms with Crippen molar-refractivity contribution < 1.29 is 13.2 Å². The molecule has 3 N–H and O–H groups in total. The van der Waals surface area contributed by atoms with Gasteiger partial charge in [-0.25, -0.2) is 13.1 Å². The van der Waals surface area contributed by atoms with E-state index in [0.717, 1.165) is 0 Å². The molecule has 0 aliphatic carbocycles. The van der Waals surface area contributed by atoms with Crippen LogP contribution in [0.4, 0.5) is 0 Å². The van der Waals surface area contributed by atoms with E-state index in [2.05, 4.69) is 16.9 Å². The molecule has 0 aromatic carbocycles. The molecule has 0 aromatic heterocycles. The number of nitrogens with one attached hydrogen (secondary N) is 1. The van der Waals surface area contributed by atoms with Crippen LogP contribution in [0.15, 0.2) is 0 Å². The summed E-state index contributed by atoms with van der Waals surface area (Å²) in [7, 11) is -3.41. The fourth-order valence-corrected chi connectivity index (χ4v) is 3.39. The first-order valence-corrected chi connectivity index (χ1v) is 6.77. The van der Waals surface area contributed by atoms with Crippen molar-refractivity contribution in [2.24, 2.45) is 5.73 Å². The van der Waals surface area contributed by atoms with Crippen molar-refractivity contribution in [1.29, 1.82) is 0 Å². The summed E-state index contributed by atoms with van der Waals surface area (Å²) in [5, 5.41) is 0. The van der Waals surface area contributed by atoms with Crippen LogP contribution in [0, 0.1) is 0 Å². The maximum atomic E-state index is 11.6. The molecule has 1 saturated heterocycles. The predicted molar refractivity (Wildman–Crippen MR) is 62.2 cm³/mol. The predicted octanol–water partition coefficient (Wildman–Crippen LogP) is -0.239. The van der Waals surface area contributed by atoms with Gasteiger partial charge in [-0.1, -0.05) is 12.2 Å². The number of nitrogens with two attached hydrogens (primary N) is 1. The zero-order valence-electron chi connectivity index (χ0n) is 8.65. The minimum absolute atomic E-state index is 0.0156. The minimum atomic E-state index is -3.41. The second-order valence-corrected chi connectivity index (χ2v) is 6.25. The third-order valence-electron chi connectivity index (χ3n) is 2.33. The molecule has 0 spiro atoms. The molecule has 0 atom stereocenters. The fourth-order valence-electron chi connectivity index (χ4n) is 1.52. The summed E-state index contributed by atoms with van der Waals surface area (Å²) in [5.74, 6) is -0.293. The molecule has 7 heteroatoms. The van der Waals surface area contributed by atoms with E-state index in [9.17, 15) is 8.42 Å². The first kappa shape index (κ1) is 12.8. The number of hydrogen-bond donors (Lipinski definition) is 2. The van der Waals surface area contributed by atoms with E-state index >= 15 is 0 Å². The highest BCUT2D eigenvalue weighted by atomic mass is 32.2. The largest absolute Gasteiger partial charge is 0.392 e. The zero-order valence-corrected chi connectivity index (χ0v) is 10.3. The van der Waals surface area contributed by atoms with Gasteiger partial charge in [0.15, 0.2) is 0 Å². The topological polar surface area (TPSA) is 81.4 Å². The highest BCUT2D eigenvalue weighted by Crippen LogP contribution is 2.20. The van der Waals surface area contributed by atoms with Crippen molar-refractivity contribution in [3.63, 3.8) is 0 Å². The summed E-state index contributed by atoms with van der Waals surface area (Å²) < 4.78 is 31.0. The summed E-state index contributed by atoms with van der Waals surface area (Å²) >= 11 is 4.58. The lowest BCUT2D eigenvalue weighted by molar-refractivity contribution is 0.0538. The molecule has 1 heterocycles. The normalized spacial score (nSPS) is 21.1. The lowest BCUT2D eigenvalue weighted by Gasteiger charge is -2.33. The minimum Gasteiger partial charge on any atom is -0.392 e. The first-order valence-electron chi connectivity index (χ1n) is 4.71. The van der Waals surface area contributed by atoms with Crippen molar-refractivity contribution in [2.75, 3.05) is 19.0 Å². The Kier molecular flexibility index (Phi) is 4.05. The van der Waals surface area contributed by atoms with E-state index in [1.54, 1.807) is 0 Å². The first-order chi connectivity index (χ1) is 6.83. The Bertz CT molecular complexity index is 334. The molecule has 0 saturated carbocycles. The van der Waals surface area contributed by atoms with Gasteiger partial charge in [0.2, 0.25) is 10.0 Å². The van der Waals surface area contributed by atoms with Crippen LogP contribution in [-0.4, -0.2) is 37.9 Å². The molecule has 0 bridgehead atoms. The van der Waals surface area contributed by atoms with Crippen LogP contribution in [0.5, 0.6) is 0 Å². The smallest absolute Gasteiger partial charge is 0.218 e. The summed E-state index contributed by atoms with van der Waals surface area (Å²) in [6.45, 7) is 3.02. The van der Waals surface area contributed by atoms with E-state index in [0.29, 0.717) is 26.1 Å². The molecule has 1 rings (SSSR count). The van der Waals surface area contributed by atoms with Crippen LogP contribution in [0.3, 0.4) is 0 Å². The van der Waals surface area contributed by atoms with Crippen LogP contribution >= 0.6 is 12.2 Å². The quantitative estimate of drug-likeness (QED) is 0.675. The summed E-state index contributed by atoms with van der Waals surface area (Å²) in [6, 6.07) is 0. The van der Waals surface area contributed by atoms with Gasteiger partial charge in [-0.05, 0) is 19.8 Å². The molecule has 1 aliphatic rings. The third-order valence-corrected chi connectivity index (χ3v) is 4.15. The third kappa shape index (κ3) is 4.42. The molecule has 88 valence electrons. The van der Waals surface area contributed by atoms with E-state index in [1.807, 2.05) is 6.92 Å². The van der Waals surface area contributed by atoms with Gasteiger partial charge >= 0.3 is 0 Å². The van der Waals surface area contributed by atoms with Crippen molar-refractivity contribution in [3.8, 4) is 0 Å². The van der Waals surface area contributed by atoms with Crippen LogP contribution < -0.4 is 10.5 Å². The van der Waals surface area contributed by atoms with Gasteiger partial charge in [-0.2, -0.15) is 0 Å². The maximum absolute atomic E-state index is 11.6. The fraction of sp³-hybridized carbons (Fsp3) is 0.875. The SMILES string of the molecule is CC1(NS(=O)(=O)CC(N)=S)CCOCC1. The van der Waals surface area contributed by atoms with E-state index in [-0.39, 0.29) is 10.7 Å². The maximum Gasteiger partial charge on any atom is 0.218 e. The van der Waals surface area contributed by atoms with Gasteiger partial charge in [0.25, 0.3) is 0 Å². The highest BCUT2D eigenvalue weighted by molar-refractivity contribution is 7.92. The molecule has 0 aromatic rings. The lowest BCUT2D eigenvalue weighted by atomic mass is 9.94. The molecule has 15 heavy (non-hydrogen) atoms. The molecule has 1 fully saturated rings. The molecule has 0 unspecified atom stereocenters. The summed E-state index contributed by atoms with van der Waals surface area (Å²) in [6.07, 6.45) is 1.34. The van der Waals surface area contributed by atoms with Crippen molar-refractivity contribution in [1.82, 2.24) is 4.72 Å². The Labute approximate surface area is 95.4 Å². The van der Waals surface area contributed by atoms with Crippen molar-refractivity contribution in [2.45, 2.75) is 25.3 Å². The Morgan fingerprint density at radius 2 is 2.07 bits per heavy atom. The highest BCUT2D eigenvalue weighted by Gasteiger charge is 2.31. The molecular weight excluding hydrogens is 236 g/mol. The summed E-state index contributed by atoms with van der Waals surface area (Å²) in [4.78, 5) is -0.0156. The van der Waals surface area contributed by atoms with Gasteiger partial charge in [0, 0.05) is 18.8 Å². The lowest BCUT2D eigenvalue weighted by Crippen LogP contribution is -2.51. The van der Waals surface area contributed by atoms with Gasteiger partial charge in [-0.15, -0.1) is 0 Å². The standard InChI is InChI=1S/C8H16N2O3S2/c1-8(2-4-13-5-3-8)10-15(11,12)6-7(9)14/h10H,2-6H2,1H3,(H2,9,14). The Hall–Kier alpha value is -0.240. The number of hydrogen-bond acceptors (Lipinski definition) is 4. The van der Waals surface area contributed by atoms with Crippen LogP contribution in [0.2, 0.25) is 0 Å². The average Bonchev–Trinajstić information content (AvgIpc) is 1.99. The Morgan fingerprint density at radius 3 is 2.53 bits per heavy atom. The number of sulfonamides is 1. The van der Waals surface area contributed by atoms with E-state index < -0.39 is 15.6 Å². The second kappa shape index (κ2) is 4.73. The zero-order chi connectivity index (χ0) is 11.5. The van der Waals surface area contributed by atoms with E-state index in [4.69, 9.17) is 10.5 Å². The number of thiocarbonyl (C=S) groups is 1. The van der Waals surface area contributed by atoms with Crippen molar-refractivity contribution >= 4 is 27.2 Å². The number of rotatable bonds is 4. The van der Waals surface area contributed by atoms with Crippen LogP contribution in [0.1, 0.15) is 19.8 Å². The van der Waals surface area contributed by atoms with E-state index in [1.165, 1.54) is 0 Å². The average molecular weight is 252 g/mol. The molecular formula is C8H16N2O3S2. The van der Waals surface area contributed by atoms with Gasteiger partial charge < -0.3 is 10.5 Å². The van der Waals surface area contributed by atoms with Crippen molar-refractivity contribution in [3.05, 3.63) is 0 Å².